The molecule has 5 nitrogen and oxygen atoms in total. The number of hydrogen-bond acceptors (Lipinski definition) is 3. The molecular formula is C24H20Cl2F3N5. The van der Waals surface area contributed by atoms with Gasteiger partial charge in [0.15, 0.2) is 5.82 Å². The van der Waals surface area contributed by atoms with Crippen LogP contribution in [0.4, 0.5) is 19.0 Å². The molecular weight excluding hydrogens is 486 g/mol. The van der Waals surface area contributed by atoms with Gasteiger partial charge in [0, 0.05) is 18.3 Å². The van der Waals surface area contributed by atoms with Crippen LogP contribution in [0.1, 0.15) is 49.2 Å². The molecule has 0 bridgehead atoms. The Labute approximate surface area is 203 Å². The van der Waals surface area contributed by atoms with E-state index in [9.17, 15) is 13.2 Å². The zero-order valence-electron chi connectivity index (χ0n) is 18.3. The van der Waals surface area contributed by atoms with Gasteiger partial charge in [-0.1, -0.05) is 36.2 Å². The van der Waals surface area contributed by atoms with Gasteiger partial charge in [-0.05, 0) is 49.2 Å². The molecule has 0 N–H and O–H groups in total. The molecule has 2 aromatic carbocycles. The Balaban J connectivity index is 1.75. The molecule has 0 radical (unpaired) electrons. The number of alkyl halides is 3. The van der Waals surface area contributed by atoms with Gasteiger partial charge < -0.3 is 4.57 Å². The predicted octanol–water partition coefficient (Wildman–Crippen LogP) is 7.45. The summed E-state index contributed by atoms with van der Waals surface area (Å²) >= 11 is 12.5. The minimum absolute atomic E-state index is 0.297. The lowest BCUT2D eigenvalue weighted by Crippen LogP contribution is -2.30. The number of rotatable bonds is 4. The molecule has 0 aliphatic carbocycles. The first-order valence-corrected chi connectivity index (χ1v) is 11.6. The van der Waals surface area contributed by atoms with Gasteiger partial charge in [0.1, 0.15) is 5.82 Å². The SMILES string of the molecule is CCCn1c(C2C(C)=Nc3ccnn3C2c2ccc(Cl)c(Cl)c2)nc2cc(C(F)(F)F)ccc21. The van der Waals surface area contributed by atoms with E-state index in [1.807, 2.05) is 30.5 Å². The Bertz CT molecular complexity index is 1420. The number of halogens is 5. The van der Waals surface area contributed by atoms with Crippen LogP contribution in [0.3, 0.4) is 0 Å². The number of nitrogens with zero attached hydrogens (tertiary/aromatic N) is 5. The van der Waals surface area contributed by atoms with E-state index in [-0.39, 0.29) is 12.0 Å². The maximum Gasteiger partial charge on any atom is 0.416 e. The van der Waals surface area contributed by atoms with Crippen molar-refractivity contribution < 1.29 is 13.2 Å². The Morgan fingerprint density at radius 1 is 1.03 bits per heavy atom. The zero-order valence-corrected chi connectivity index (χ0v) is 19.8. The summed E-state index contributed by atoms with van der Waals surface area (Å²) in [7, 11) is 0. The number of fused-ring (bicyclic) bond motifs is 2. The fourth-order valence-electron chi connectivity index (χ4n) is 4.61. The molecule has 4 aromatic rings. The van der Waals surface area contributed by atoms with E-state index in [0.29, 0.717) is 39.3 Å². The van der Waals surface area contributed by atoms with Gasteiger partial charge in [0.25, 0.3) is 0 Å². The van der Waals surface area contributed by atoms with Crippen LogP contribution in [0, 0.1) is 0 Å². The Kier molecular flexibility index (Phi) is 5.68. The quantitative estimate of drug-likeness (QED) is 0.289. The summed E-state index contributed by atoms with van der Waals surface area (Å²) in [5, 5.41) is 5.34. The average molecular weight is 506 g/mol. The summed E-state index contributed by atoms with van der Waals surface area (Å²) in [5.74, 6) is 0.940. The maximum atomic E-state index is 13.4. The monoisotopic (exact) mass is 505 g/mol. The van der Waals surface area contributed by atoms with Gasteiger partial charge in [-0.15, -0.1) is 0 Å². The first-order valence-electron chi connectivity index (χ1n) is 10.8. The molecule has 34 heavy (non-hydrogen) atoms. The number of benzene rings is 2. The molecule has 2 aromatic heterocycles. The molecule has 176 valence electrons. The van der Waals surface area contributed by atoms with Gasteiger partial charge in [-0.2, -0.15) is 18.3 Å². The molecule has 2 unspecified atom stereocenters. The molecule has 1 aliphatic rings. The smallest absolute Gasteiger partial charge is 0.327 e. The molecule has 3 heterocycles. The molecule has 1 aliphatic heterocycles. The van der Waals surface area contributed by atoms with Crippen LogP contribution in [0.2, 0.25) is 10.0 Å². The first kappa shape index (κ1) is 22.9. The van der Waals surface area contributed by atoms with Crippen molar-refractivity contribution in [3.8, 4) is 0 Å². The van der Waals surface area contributed by atoms with Crippen LogP contribution in [-0.2, 0) is 12.7 Å². The number of aryl methyl sites for hydroxylation is 1. The lowest BCUT2D eigenvalue weighted by molar-refractivity contribution is -0.137. The van der Waals surface area contributed by atoms with Crippen molar-refractivity contribution in [2.24, 2.45) is 4.99 Å². The van der Waals surface area contributed by atoms with Gasteiger partial charge in [-0.25, -0.2) is 14.7 Å². The minimum atomic E-state index is -4.45. The molecule has 10 heteroatoms. The van der Waals surface area contributed by atoms with Gasteiger partial charge in [0.05, 0.1) is 44.8 Å². The Hall–Kier alpha value is -2.84. The van der Waals surface area contributed by atoms with Crippen LogP contribution >= 0.6 is 23.2 Å². The third kappa shape index (κ3) is 3.79. The van der Waals surface area contributed by atoms with Gasteiger partial charge in [-0.3, -0.25) is 0 Å². The lowest BCUT2D eigenvalue weighted by atomic mass is 9.87. The van der Waals surface area contributed by atoms with Crippen molar-refractivity contribution in [2.75, 3.05) is 0 Å². The molecule has 0 spiro atoms. The summed E-state index contributed by atoms with van der Waals surface area (Å²) in [6.07, 6.45) is -1.99. The van der Waals surface area contributed by atoms with E-state index >= 15 is 0 Å². The highest BCUT2D eigenvalue weighted by Gasteiger charge is 2.38. The third-order valence-corrected chi connectivity index (χ3v) is 6.82. The van der Waals surface area contributed by atoms with Crippen molar-refractivity contribution in [2.45, 2.75) is 44.9 Å². The Morgan fingerprint density at radius 3 is 2.53 bits per heavy atom. The normalized spacial score (nSPS) is 18.3. The first-order chi connectivity index (χ1) is 16.2. The van der Waals surface area contributed by atoms with Crippen LogP contribution in [0.5, 0.6) is 0 Å². The van der Waals surface area contributed by atoms with Crippen LogP contribution in [-0.4, -0.2) is 25.0 Å². The molecule has 5 rings (SSSR count). The predicted molar refractivity (Wildman–Crippen MR) is 127 cm³/mol. The highest BCUT2D eigenvalue weighted by atomic mass is 35.5. The summed E-state index contributed by atoms with van der Waals surface area (Å²) in [6, 6.07) is 10.6. The number of hydrogen-bond donors (Lipinski definition) is 0. The van der Waals surface area contributed by atoms with Crippen molar-refractivity contribution >= 4 is 45.8 Å². The lowest BCUT2D eigenvalue weighted by Gasteiger charge is -2.32. The van der Waals surface area contributed by atoms with Crippen LogP contribution < -0.4 is 0 Å². The van der Waals surface area contributed by atoms with E-state index in [1.54, 1.807) is 23.0 Å². The minimum Gasteiger partial charge on any atom is -0.327 e. The number of imidazole rings is 1. The topological polar surface area (TPSA) is 48.0 Å². The van der Waals surface area contributed by atoms with E-state index < -0.39 is 11.7 Å². The largest absolute Gasteiger partial charge is 0.416 e. The highest BCUT2D eigenvalue weighted by molar-refractivity contribution is 6.42. The number of aromatic nitrogens is 4. The average Bonchev–Trinajstić information content (AvgIpc) is 3.38. The zero-order chi connectivity index (χ0) is 24.2. The van der Waals surface area contributed by atoms with Crippen molar-refractivity contribution in [3.63, 3.8) is 0 Å². The van der Waals surface area contributed by atoms with E-state index in [1.165, 1.54) is 6.07 Å². The molecule has 0 amide bonds. The summed E-state index contributed by atoms with van der Waals surface area (Å²) < 4.78 is 43.9. The van der Waals surface area contributed by atoms with Crippen molar-refractivity contribution in [1.29, 1.82) is 0 Å². The molecule has 0 fully saturated rings. The summed E-state index contributed by atoms with van der Waals surface area (Å²) in [6.45, 7) is 4.52. The van der Waals surface area contributed by atoms with Gasteiger partial charge in [0.2, 0.25) is 0 Å². The maximum absolute atomic E-state index is 13.4. The second-order valence-corrected chi connectivity index (χ2v) is 9.12. The van der Waals surface area contributed by atoms with Gasteiger partial charge >= 0.3 is 6.18 Å². The molecule has 0 saturated carbocycles. The number of aliphatic imine (C=N–C) groups is 1. The van der Waals surface area contributed by atoms with E-state index in [4.69, 9.17) is 33.2 Å². The fraction of sp³-hybridized carbons (Fsp3) is 0.292. The standard InChI is InChI=1S/C24H20Cl2F3N5/c1-3-10-33-19-7-5-15(24(27,28)29)12-18(19)32-23(33)21-13(2)31-20-8-9-30-34(20)22(21)14-4-6-16(25)17(26)11-14/h4-9,11-12,21-22H,3,10H2,1-2H3. The summed E-state index contributed by atoms with van der Waals surface area (Å²) in [5.41, 5.74) is 1.86. The fourth-order valence-corrected chi connectivity index (χ4v) is 4.92. The van der Waals surface area contributed by atoms with E-state index in [0.717, 1.165) is 29.8 Å². The van der Waals surface area contributed by atoms with E-state index in [2.05, 4.69) is 5.10 Å². The third-order valence-electron chi connectivity index (χ3n) is 6.09. The Morgan fingerprint density at radius 2 is 1.82 bits per heavy atom. The molecule has 2 atom stereocenters. The van der Waals surface area contributed by atoms with Crippen molar-refractivity contribution in [1.82, 2.24) is 19.3 Å². The second-order valence-electron chi connectivity index (χ2n) is 8.31. The van der Waals surface area contributed by atoms with Crippen LogP contribution in [0.15, 0.2) is 53.7 Å². The second kappa shape index (κ2) is 8.43. The summed E-state index contributed by atoms with van der Waals surface area (Å²) in [4.78, 5) is 9.47. The highest BCUT2D eigenvalue weighted by Crippen LogP contribution is 2.43. The van der Waals surface area contributed by atoms with Crippen LogP contribution in [0.25, 0.3) is 11.0 Å². The molecule has 0 saturated heterocycles. The van der Waals surface area contributed by atoms with Crippen molar-refractivity contribution in [3.05, 3.63) is 75.7 Å².